The molecule has 0 saturated heterocycles. The average molecular weight is 494 g/mol. The quantitative estimate of drug-likeness (QED) is 0.226. The number of hydrogen-bond donors (Lipinski definition) is 1. The van der Waals surface area contributed by atoms with E-state index in [1.54, 1.807) is 6.07 Å². The van der Waals surface area contributed by atoms with Crippen molar-refractivity contribution in [2.24, 2.45) is 10.7 Å². The predicted molar refractivity (Wildman–Crippen MR) is 144 cm³/mol. The second kappa shape index (κ2) is 11.0. The fourth-order valence-electron chi connectivity index (χ4n) is 4.01. The van der Waals surface area contributed by atoms with Crippen molar-refractivity contribution < 1.29 is 0 Å². The number of aliphatic imine (C=N–C) groups is 1. The topological polar surface area (TPSA) is 59.4 Å². The summed E-state index contributed by atoms with van der Waals surface area (Å²) in [7, 11) is 0. The van der Waals surface area contributed by atoms with Gasteiger partial charge in [0.2, 0.25) is 0 Å². The van der Waals surface area contributed by atoms with Crippen LogP contribution in [-0.4, -0.2) is 46.5 Å². The number of hydrogen-bond acceptors (Lipinski definition) is 3. The Labute approximate surface area is 210 Å². The third-order valence-corrected chi connectivity index (χ3v) is 6.74. The lowest BCUT2D eigenvalue weighted by atomic mass is 10.1. The summed E-state index contributed by atoms with van der Waals surface area (Å²) in [5, 5.41) is 1.02. The number of benzene rings is 3. The molecule has 34 heavy (non-hydrogen) atoms. The number of aromatic nitrogens is 2. The maximum atomic E-state index is 6.34. The van der Waals surface area contributed by atoms with Crippen LogP contribution < -0.4 is 5.73 Å². The molecule has 5 nitrogen and oxygen atoms in total. The number of imidazole rings is 1. The van der Waals surface area contributed by atoms with Crippen LogP contribution in [0, 0.1) is 0 Å². The Morgan fingerprint density at radius 2 is 1.74 bits per heavy atom. The van der Waals surface area contributed by atoms with Crippen molar-refractivity contribution in [3.05, 3.63) is 87.9 Å². The van der Waals surface area contributed by atoms with Gasteiger partial charge in [-0.25, -0.2) is 4.98 Å². The maximum absolute atomic E-state index is 6.34. The maximum Gasteiger partial charge on any atom is 0.141 e. The zero-order chi connectivity index (χ0) is 24.1. The Hall–Kier alpha value is -2.86. The highest BCUT2D eigenvalue weighted by molar-refractivity contribution is 6.42. The summed E-state index contributed by atoms with van der Waals surface area (Å²) in [6.07, 6.45) is 0. The van der Waals surface area contributed by atoms with Gasteiger partial charge in [-0.2, -0.15) is 0 Å². The first-order valence-electron chi connectivity index (χ1n) is 11.5. The fourth-order valence-corrected chi connectivity index (χ4v) is 4.31. The fraction of sp³-hybridized carbons (Fsp3) is 0.259. The lowest BCUT2D eigenvalue weighted by Gasteiger charge is -2.16. The highest BCUT2D eigenvalue weighted by Crippen LogP contribution is 2.31. The molecule has 1 heterocycles. The Morgan fingerprint density at radius 1 is 0.971 bits per heavy atom. The molecule has 0 bridgehead atoms. The molecule has 4 aromatic rings. The molecule has 0 aliphatic rings. The van der Waals surface area contributed by atoms with Crippen LogP contribution in [0.25, 0.3) is 22.4 Å². The molecule has 0 aliphatic carbocycles. The minimum atomic E-state index is 0.503. The molecular weight excluding hydrogens is 465 g/mol. The minimum absolute atomic E-state index is 0.503. The highest BCUT2D eigenvalue weighted by Gasteiger charge is 2.15. The van der Waals surface area contributed by atoms with E-state index < -0.39 is 0 Å². The number of likely N-dealkylation sites (N-methyl/N-ethyl adjacent to an activating group) is 1. The Balaban J connectivity index is 1.73. The molecule has 0 aliphatic heterocycles. The Bertz CT molecular complexity index is 1290. The molecule has 0 atom stereocenters. The lowest BCUT2D eigenvalue weighted by molar-refractivity contribution is 0.313. The third kappa shape index (κ3) is 5.44. The van der Waals surface area contributed by atoms with Crippen molar-refractivity contribution in [1.29, 1.82) is 0 Å². The number of nitrogens with two attached hydrogens (primary N) is 1. The van der Waals surface area contributed by atoms with Crippen LogP contribution in [0.1, 0.15) is 25.0 Å². The number of halogens is 2. The molecule has 0 saturated carbocycles. The SMILES string of the molecule is CCN(CC)CCN=C(N)c1ccc2c(c1)nc(-c1ccc(Cl)c(Cl)c1)n2Cc1ccccc1. The number of fused-ring (bicyclic) bond motifs is 1. The molecule has 1 aromatic heterocycles. The van der Waals surface area contributed by atoms with E-state index in [0.29, 0.717) is 29.0 Å². The van der Waals surface area contributed by atoms with Gasteiger partial charge in [-0.05, 0) is 55.1 Å². The van der Waals surface area contributed by atoms with Crippen LogP contribution >= 0.6 is 23.2 Å². The van der Waals surface area contributed by atoms with Gasteiger partial charge in [0.25, 0.3) is 0 Å². The Kier molecular flexibility index (Phi) is 7.88. The van der Waals surface area contributed by atoms with Crippen molar-refractivity contribution >= 4 is 40.1 Å². The van der Waals surface area contributed by atoms with Crippen LogP contribution in [0.5, 0.6) is 0 Å². The Morgan fingerprint density at radius 3 is 2.44 bits per heavy atom. The van der Waals surface area contributed by atoms with Gasteiger partial charge >= 0.3 is 0 Å². The van der Waals surface area contributed by atoms with Gasteiger partial charge in [-0.1, -0.05) is 67.4 Å². The molecule has 0 amide bonds. The number of rotatable bonds is 9. The second-order valence-electron chi connectivity index (χ2n) is 8.13. The van der Waals surface area contributed by atoms with Crippen LogP contribution in [0.4, 0.5) is 0 Å². The molecule has 0 radical (unpaired) electrons. The standard InChI is InChI=1S/C27H29Cl2N5/c1-3-33(4-2)15-14-31-26(30)20-11-13-25-24(17-20)32-27(21-10-12-22(28)23(29)16-21)34(25)18-19-8-6-5-7-9-19/h5-13,16-17H,3-4,14-15,18H2,1-2H3,(H2,30,31). The van der Waals surface area contributed by atoms with Crippen LogP contribution in [0.3, 0.4) is 0 Å². The van der Waals surface area contributed by atoms with Crippen LogP contribution in [0.2, 0.25) is 10.0 Å². The van der Waals surface area contributed by atoms with E-state index in [1.807, 2.05) is 42.5 Å². The second-order valence-corrected chi connectivity index (χ2v) is 8.95. The monoisotopic (exact) mass is 493 g/mol. The van der Waals surface area contributed by atoms with Crippen molar-refractivity contribution in [1.82, 2.24) is 14.5 Å². The first-order chi connectivity index (χ1) is 16.5. The molecule has 176 valence electrons. The summed E-state index contributed by atoms with van der Waals surface area (Å²) < 4.78 is 2.20. The van der Waals surface area contributed by atoms with E-state index in [-0.39, 0.29) is 0 Å². The molecule has 3 aromatic carbocycles. The van der Waals surface area contributed by atoms with Gasteiger partial charge < -0.3 is 15.2 Å². The van der Waals surface area contributed by atoms with Crippen LogP contribution in [0.15, 0.2) is 71.7 Å². The van der Waals surface area contributed by atoms with E-state index in [2.05, 4.69) is 46.5 Å². The van der Waals surface area contributed by atoms with Crippen LogP contribution in [-0.2, 0) is 6.54 Å². The molecule has 0 unspecified atom stereocenters. The largest absolute Gasteiger partial charge is 0.384 e. The molecule has 4 rings (SSSR count). The van der Waals surface area contributed by atoms with E-state index >= 15 is 0 Å². The first kappa shape index (κ1) is 24.3. The molecule has 7 heteroatoms. The predicted octanol–water partition coefficient (Wildman–Crippen LogP) is 6.11. The summed E-state index contributed by atoms with van der Waals surface area (Å²) in [6.45, 7) is 8.57. The number of nitrogens with zero attached hydrogens (tertiary/aromatic N) is 4. The van der Waals surface area contributed by atoms with Gasteiger partial charge in [0.05, 0.1) is 27.6 Å². The summed E-state index contributed by atoms with van der Waals surface area (Å²) in [5.41, 5.74) is 11.2. The third-order valence-electron chi connectivity index (χ3n) is 6.00. The van der Waals surface area contributed by atoms with Crippen molar-refractivity contribution in [3.8, 4) is 11.4 Å². The first-order valence-corrected chi connectivity index (χ1v) is 12.3. The van der Waals surface area contributed by atoms with Gasteiger partial charge in [-0.3, -0.25) is 4.99 Å². The van der Waals surface area contributed by atoms with E-state index in [4.69, 9.17) is 33.9 Å². The summed E-state index contributed by atoms with van der Waals surface area (Å²) in [6, 6.07) is 22.0. The van der Waals surface area contributed by atoms with Gasteiger partial charge in [0.1, 0.15) is 11.7 Å². The van der Waals surface area contributed by atoms with Crippen molar-refractivity contribution in [3.63, 3.8) is 0 Å². The van der Waals surface area contributed by atoms with Gasteiger partial charge in [-0.15, -0.1) is 0 Å². The summed E-state index contributed by atoms with van der Waals surface area (Å²) in [5.74, 6) is 1.36. The average Bonchev–Trinajstić information content (AvgIpc) is 3.21. The zero-order valence-corrected chi connectivity index (χ0v) is 21.0. The summed E-state index contributed by atoms with van der Waals surface area (Å²) >= 11 is 12.5. The normalized spacial score (nSPS) is 12.1. The van der Waals surface area contributed by atoms with E-state index in [0.717, 1.165) is 47.6 Å². The van der Waals surface area contributed by atoms with Gasteiger partial charge in [0, 0.05) is 24.2 Å². The zero-order valence-electron chi connectivity index (χ0n) is 19.5. The molecule has 2 N–H and O–H groups in total. The van der Waals surface area contributed by atoms with Gasteiger partial charge in [0.15, 0.2) is 0 Å². The summed E-state index contributed by atoms with van der Waals surface area (Å²) in [4.78, 5) is 11.9. The molecule has 0 spiro atoms. The highest BCUT2D eigenvalue weighted by atomic mass is 35.5. The van der Waals surface area contributed by atoms with Crippen molar-refractivity contribution in [2.45, 2.75) is 20.4 Å². The smallest absolute Gasteiger partial charge is 0.141 e. The van der Waals surface area contributed by atoms with Crippen molar-refractivity contribution in [2.75, 3.05) is 26.2 Å². The minimum Gasteiger partial charge on any atom is -0.384 e. The molecule has 0 fully saturated rings. The number of amidine groups is 1. The molecular formula is C27H29Cl2N5. The van der Waals surface area contributed by atoms with E-state index in [1.165, 1.54) is 5.56 Å². The van der Waals surface area contributed by atoms with E-state index in [9.17, 15) is 0 Å². The lowest BCUT2D eigenvalue weighted by Crippen LogP contribution is -2.26.